The van der Waals surface area contributed by atoms with Crippen molar-refractivity contribution in [3.63, 3.8) is 0 Å². The molecule has 0 aliphatic heterocycles. The highest BCUT2D eigenvalue weighted by molar-refractivity contribution is 7.79. The molecule has 0 amide bonds. The summed E-state index contributed by atoms with van der Waals surface area (Å²) in [6.07, 6.45) is 0. The Kier molecular flexibility index (Phi) is 46.1. The lowest BCUT2D eigenvalue weighted by Gasteiger charge is -1.68. The molecule has 0 aromatic carbocycles. The third-order valence-corrected chi connectivity index (χ3v) is 0. The van der Waals surface area contributed by atoms with Gasteiger partial charge in [-0.1, -0.05) is 0 Å². The van der Waals surface area contributed by atoms with E-state index in [1.165, 1.54) is 0 Å². The molecule has 0 saturated carbocycles. The predicted octanol–water partition coefficient (Wildman–Crippen LogP) is -0.168. The van der Waals surface area contributed by atoms with Gasteiger partial charge in [-0.05, 0) is 6.92 Å². The maximum absolute atomic E-state index is 8.74. The van der Waals surface area contributed by atoms with Gasteiger partial charge in [0, 0.05) is 6.61 Å². The molecule has 8 nitrogen and oxygen atoms in total. The molecule has 0 aromatic rings. The molecule has 11 heavy (non-hydrogen) atoms. The fourth-order valence-electron chi connectivity index (χ4n) is 0. The average molecular weight is 195 g/mol. The van der Waals surface area contributed by atoms with Crippen LogP contribution in [0.5, 0.6) is 0 Å². The second kappa shape index (κ2) is 16.4. The van der Waals surface area contributed by atoms with Crippen LogP contribution in [0.15, 0.2) is 0 Å². The lowest BCUT2D eigenvalue weighted by atomic mass is 10.9. The summed E-state index contributed by atoms with van der Waals surface area (Å²) < 4.78 is 31.6. The number of hydrogen-bond donors (Lipinski definition) is 6. The Morgan fingerprint density at radius 1 is 1.09 bits per heavy atom. The van der Waals surface area contributed by atoms with E-state index < -0.39 is 10.4 Å². The van der Waals surface area contributed by atoms with Crippen molar-refractivity contribution in [2.24, 2.45) is 0 Å². The fraction of sp³-hybridized carbons (Fsp3) is 1.00. The van der Waals surface area contributed by atoms with Crippen LogP contribution < -0.4 is 18.5 Å². The molecule has 0 heterocycles. The highest BCUT2D eigenvalue weighted by Crippen LogP contribution is 1.59. The lowest BCUT2D eigenvalue weighted by Crippen LogP contribution is -1.89. The smallest absolute Gasteiger partial charge is 0.394 e. The van der Waals surface area contributed by atoms with Gasteiger partial charge in [-0.3, -0.25) is 9.11 Å². The van der Waals surface area contributed by atoms with Crippen LogP contribution in [-0.2, 0) is 10.4 Å². The van der Waals surface area contributed by atoms with Crippen LogP contribution in [0, 0.1) is 0 Å². The van der Waals surface area contributed by atoms with Gasteiger partial charge in [0.1, 0.15) is 0 Å². The van der Waals surface area contributed by atoms with Crippen molar-refractivity contribution in [2.75, 3.05) is 6.61 Å². The summed E-state index contributed by atoms with van der Waals surface area (Å²) in [7, 11) is -4.67. The Labute approximate surface area is 65.9 Å². The van der Waals surface area contributed by atoms with Crippen molar-refractivity contribution in [3.8, 4) is 0 Å². The van der Waals surface area contributed by atoms with E-state index >= 15 is 0 Å². The van der Waals surface area contributed by atoms with Gasteiger partial charge < -0.3 is 23.6 Å². The number of rotatable bonds is 0. The average Bonchev–Trinajstić information content (AvgIpc) is 1.27. The molecule has 0 radical (unpaired) electrons. The maximum atomic E-state index is 8.74. The highest BCUT2D eigenvalue weighted by atomic mass is 32.3. The first-order chi connectivity index (χ1) is 3.41. The summed E-state index contributed by atoms with van der Waals surface area (Å²) in [5.41, 5.74) is 0. The Bertz CT molecular complexity index is 114. The van der Waals surface area contributed by atoms with E-state index in [0.29, 0.717) is 0 Å². The molecule has 0 aliphatic carbocycles. The highest BCUT2D eigenvalue weighted by Gasteiger charge is 1.84. The summed E-state index contributed by atoms with van der Waals surface area (Å²) in [5, 5.41) is 7.57. The normalized spacial score (nSPS) is 6.91. The van der Waals surface area contributed by atoms with Crippen molar-refractivity contribution >= 4 is 10.4 Å². The van der Waals surface area contributed by atoms with Crippen LogP contribution in [-0.4, -0.2) is 29.2 Å². The topological polar surface area (TPSA) is 200 Å². The van der Waals surface area contributed by atoms with Gasteiger partial charge in [0.15, 0.2) is 0 Å². The van der Waals surface area contributed by atoms with Gasteiger partial charge in [0.05, 0.1) is 0 Å². The maximum Gasteiger partial charge on any atom is 0.394 e. The van der Waals surface area contributed by atoms with Crippen LogP contribution in [0.4, 0.5) is 0 Å². The minimum Gasteiger partial charge on any atom is -0.397 e. The first-order valence-electron chi connectivity index (χ1n) is 1.72. The fourth-order valence-corrected chi connectivity index (χ4v) is 0. The van der Waals surface area contributed by atoms with E-state index in [-0.39, 0.29) is 25.1 Å². The molecule has 0 spiro atoms. The van der Waals surface area contributed by atoms with Crippen molar-refractivity contribution in [1.82, 2.24) is 18.5 Å². The Balaban J connectivity index is -0.0000000183. The van der Waals surface area contributed by atoms with Gasteiger partial charge in [0.2, 0.25) is 0 Å². The molecule has 0 aliphatic rings. The predicted molar refractivity (Wildman–Crippen MR) is 42.0 cm³/mol. The number of hydrogen-bond acceptors (Lipinski definition) is 6. The summed E-state index contributed by atoms with van der Waals surface area (Å²) in [6.45, 7) is 1.93. The Morgan fingerprint density at radius 2 is 1.09 bits per heavy atom. The van der Waals surface area contributed by atoms with Crippen molar-refractivity contribution in [1.29, 1.82) is 0 Å². The van der Waals surface area contributed by atoms with Crippen LogP contribution in [0.1, 0.15) is 6.92 Å². The SMILES string of the molecule is CCO.N.N.N.O=S(=O)(O)O. The molecule has 0 aromatic heterocycles. The zero-order chi connectivity index (χ0) is 7.21. The summed E-state index contributed by atoms with van der Waals surface area (Å²) in [6, 6.07) is 0. The quantitative estimate of drug-likeness (QED) is 0.286. The number of aliphatic hydroxyl groups excluding tert-OH is 1. The number of aliphatic hydroxyl groups is 1. The molecular formula is C2H17N3O5S. The van der Waals surface area contributed by atoms with E-state index in [4.69, 9.17) is 22.6 Å². The van der Waals surface area contributed by atoms with Gasteiger partial charge in [0.25, 0.3) is 0 Å². The van der Waals surface area contributed by atoms with Gasteiger partial charge in [-0.15, -0.1) is 0 Å². The molecule has 0 saturated heterocycles. The molecule has 0 atom stereocenters. The molecule has 0 fully saturated rings. The third-order valence-electron chi connectivity index (χ3n) is 0. The van der Waals surface area contributed by atoms with Gasteiger partial charge in [-0.25, -0.2) is 0 Å². The largest absolute Gasteiger partial charge is 0.397 e. The van der Waals surface area contributed by atoms with Crippen LogP contribution >= 0.6 is 0 Å². The minimum absolute atomic E-state index is 0. The minimum atomic E-state index is -4.67. The van der Waals surface area contributed by atoms with E-state index in [2.05, 4.69) is 0 Å². The molecule has 9 heteroatoms. The van der Waals surface area contributed by atoms with E-state index in [0.717, 1.165) is 0 Å². The third kappa shape index (κ3) is 6860. The molecule has 0 unspecified atom stereocenters. The van der Waals surface area contributed by atoms with E-state index in [1.807, 2.05) is 0 Å². The zero-order valence-electron chi connectivity index (χ0n) is 6.39. The molecule has 12 N–H and O–H groups in total. The van der Waals surface area contributed by atoms with E-state index in [1.54, 1.807) is 6.92 Å². The lowest BCUT2D eigenvalue weighted by molar-refractivity contribution is 0.318. The van der Waals surface area contributed by atoms with Crippen LogP contribution in [0.2, 0.25) is 0 Å². The standard InChI is InChI=1S/C2H6O.3H3N.H2O4S/c1-2-3;;;;1-5(2,3)4/h3H,2H2,1H3;3*1H3;(H2,1,2,3,4). The second-order valence-corrected chi connectivity index (χ2v) is 1.66. The van der Waals surface area contributed by atoms with Crippen molar-refractivity contribution in [3.05, 3.63) is 0 Å². The Hall–Kier alpha value is -0.290. The van der Waals surface area contributed by atoms with Crippen LogP contribution in [0.25, 0.3) is 0 Å². The van der Waals surface area contributed by atoms with Gasteiger partial charge in [-0.2, -0.15) is 8.42 Å². The monoisotopic (exact) mass is 195 g/mol. The molecular weight excluding hydrogens is 178 g/mol. The summed E-state index contributed by atoms with van der Waals surface area (Å²) >= 11 is 0. The van der Waals surface area contributed by atoms with E-state index in [9.17, 15) is 0 Å². The van der Waals surface area contributed by atoms with Gasteiger partial charge >= 0.3 is 10.4 Å². The van der Waals surface area contributed by atoms with Crippen LogP contribution in [0.3, 0.4) is 0 Å². The second-order valence-electron chi connectivity index (χ2n) is 0.764. The molecule has 0 rings (SSSR count). The summed E-state index contributed by atoms with van der Waals surface area (Å²) in [5.74, 6) is 0. The first kappa shape index (κ1) is 31.0. The van der Waals surface area contributed by atoms with Crippen molar-refractivity contribution in [2.45, 2.75) is 6.92 Å². The Morgan fingerprint density at radius 3 is 1.09 bits per heavy atom. The zero-order valence-corrected chi connectivity index (χ0v) is 7.21. The first-order valence-corrected chi connectivity index (χ1v) is 3.12. The van der Waals surface area contributed by atoms with Crippen molar-refractivity contribution < 1.29 is 22.6 Å². The summed E-state index contributed by atoms with van der Waals surface area (Å²) in [4.78, 5) is 0. The molecule has 76 valence electrons. The molecule has 0 bridgehead atoms.